The normalized spacial score (nSPS) is 17.2. The molecule has 0 radical (unpaired) electrons. The third kappa shape index (κ3) is 8.44. The quantitative estimate of drug-likeness (QED) is 0.236. The number of likely N-dealkylation sites (N-methyl/N-ethyl adjacent to an activating group) is 2. The van der Waals surface area contributed by atoms with E-state index in [1.807, 2.05) is 9.80 Å². The Morgan fingerprint density at radius 2 is 1.14 bits per heavy atom. The zero-order valence-corrected chi connectivity index (χ0v) is 26.9. The molecule has 2 fully saturated rings. The fraction of sp³-hybridized carbons (Fsp3) is 0.778. The molecule has 2 aliphatic heterocycles. The van der Waals surface area contributed by atoms with Crippen molar-refractivity contribution in [2.24, 2.45) is 10.8 Å². The minimum absolute atomic E-state index is 0.149. The second-order valence-corrected chi connectivity index (χ2v) is 13.6. The summed E-state index contributed by atoms with van der Waals surface area (Å²) >= 11 is 23.3. The van der Waals surface area contributed by atoms with Crippen LogP contribution in [0.15, 0.2) is 0 Å². The molecule has 2 aliphatic rings. The number of carbonyl (C=O) groups is 2. The summed E-state index contributed by atoms with van der Waals surface area (Å²) in [4.78, 5) is 34.8. The van der Waals surface area contributed by atoms with Crippen LogP contribution in [-0.4, -0.2) is 83.7 Å². The minimum Gasteiger partial charge on any atom is -0.342 e. The van der Waals surface area contributed by atoms with Crippen LogP contribution in [0.4, 0.5) is 0 Å². The van der Waals surface area contributed by atoms with Gasteiger partial charge in [-0.25, -0.2) is 0 Å². The standard InChI is InChI=1S/C27H44N4O2S4/c1-8-28-17-21(34)30(24(28)36)23(31-22(35)18-29(9-2)25(31)37)27(6,7)16-14-20(33)12-10-11-19(32)13-15-26(3,4)5/h23H,8-18H2,1-7H3. The lowest BCUT2D eigenvalue weighted by Gasteiger charge is -2.46. The third-order valence-electron chi connectivity index (χ3n) is 7.21. The number of Topliss-reactive ketones (excluding diaryl/α,β-unsaturated/α-hetero) is 2. The molecule has 0 aromatic carbocycles. The largest absolute Gasteiger partial charge is 0.342 e. The Morgan fingerprint density at radius 1 is 0.730 bits per heavy atom. The summed E-state index contributed by atoms with van der Waals surface area (Å²) in [6.07, 6.45) is 3.74. The van der Waals surface area contributed by atoms with Crippen molar-refractivity contribution < 1.29 is 9.59 Å². The zero-order valence-electron chi connectivity index (χ0n) is 23.6. The molecule has 0 atom stereocenters. The van der Waals surface area contributed by atoms with Crippen molar-refractivity contribution in [3.8, 4) is 0 Å². The van der Waals surface area contributed by atoms with Crippen LogP contribution >= 0.6 is 48.9 Å². The maximum atomic E-state index is 12.8. The Hall–Kier alpha value is -1.10. The lowest BCUT2D eigenvalue weighted by Crippen LogP contribution is -2.60. The Morgan fingerprint density at radius 3 is 1.49 bits per heavy atom. The fourth-order valence-electron chi connectivity index (χ4n) is 4.76. The number of hydrogen-bond acceptors (Lipinski definition) is 6. The van der Waals surface area contributed by atoms with E-state index in [1.54, 1.807) is 0 Å². The van der Waals surface area contributed by atoms with Crippen LogP contribution in [0, 0.1) is 10.8 Å². The number of nitrogens with zero attached hydrogens (tertiary/aromatic N) is 4. The van der Waals surface area contributed by atoms with Crippen molar-refractivity contribution in [3.63, 3.8) is 0 Å². The second kappa shape index (κ2) is 13.3. The Balaban J connectivity index is 2.11. The molecule has 208 valence electrons. The van der Waals surface area contributed by atoms with Crippen LogP contribution in [-0.2, 0) is 9.59 Å². The molecule has 0 aliphatic carbocycles. The van der Waals surface area contributed by atoms with Crippen LogP contribution in [0.3, 0.4) is 0 Å². The first-order chi connectivity index (χ1) is 17.1. The van der Waals surface area contributed by atoms with Gasteiger partial charge in [-0.2, -0.15) is 0 Å². The lowest BCUT2D eigenvalue weighted by atomic mass is 9.81. The highest BCUT2D eigenvalue weighted by molar-refractivity contribution is 7.82. The van der Waals surface area contributed by atoms with Crippen molar-refractivity contribution in [2.75, 3.05) is 26.2 Å². The van der Waals surface area contributed by atoms with Gasteiger partial charge < -0.3 is 9.80 Å². The molecule has 0 aromatic heterocycles. The van der Waals surface area contributed by atoms with Gasteiger partial charge in [0.15, 0.2) is 10.2 Å². The van der Waals surface area contributed by atoms with Gasteiger partial charge in [0.25, 0.3) is 0 Å². The van der Waals surface area contributed by atoms with Crippen LogP contribution in [0.2, 0.25) is 0 Å². The van der Waals surface area contributed by atoms with Gasteiger partial charge in [0, 0.05) is 44.2 Å². The molecule has 0 N–H and O–H groups in total. The first-order valence-corrected chi connectivity index (χ1v) is 15.0. The van der Waals surface area contributed by atoms with Gasteiger partial charge in [-0.3, -0.25) is 19.4 Å². The minimum atomic E-state index is -0.395. The SMILES string of the molecule is CCN1CC(=S)N(C(N2C(=S)CN(CC)C2=S)C(C)(C)CCC(=O)CCCC(=O)CCC(C)(C)C)C1=S. The van der Waals surface area contributed by atoms with E-state index in [0.29, 0.717) is 61.8 Å². The lowest BCUT2D eigenvalue weighted by molar-refractivity contribution is -0.121. The summed E-state index contributed by atoms with van der Waals surface area (Å²) < 4.78 is 0. The summed E-state index contributed by atoms with van der Waals surface area (Å²) in [5, 5.41) is 1.37. The molecule has 0 spiro atoms. The number of rotatable bonds is 14. The second-order valence-electron chi connectivity index (χ2n) is 12.0. The fourth-order valence-corrected chi connectivity index (χ4v) is 6.37. The van der Waals surface area contributed by atoms with Crippen molar-refractivity contribution in [3.05, 3.63) is 0 Å². The van der Waals surface area contributed by atoms with Gasteiger partial charge in [-0.1, -0.05) is 59.1 Å². The molecule has 2 saturated heterocycles. The predicted octanol–water partition coefficient (Wildman–Crippen LogP) is 5.75. The van der Waals surface area contributed by atoms with Gasteiger partial charge in [-0.15, -0.1) is 0 Å². The van der Waals surface area contributed by atoms with Gasteiger partial charge in [0.05, 0.1) is 13.1 Å². The van der Waals surface area contributed by atoms with E-state index < -0.39 is 5.41 Å². The number of thiocarbonyl (C=S) groups is 4. The molecule has 0 unspecified atom stereocenters. The molecule has 2 heterocycles. The van der Waals surface area contributed by atoms with E-state index in [0.717, 1.165) is 29.5 Å². The van der Waals surface area contributed by atoms with E-state index in [1.165, 1.54) is 0 Å². The van der Waals surface area contributed by atoms with Crippen molar-refractivity contribution in [1.82, 2.24) is 19.6 Å². The highest BCUT2D eigenvalue weighted by Gasteiger charge is 2.49. The Bertz CT molecular complexity index is 886. The van der Waals surface area contributed by atoms with Crippen LogP contribution < -0.4 is 0 Å². The van der Waals surface area contributed by atoms with Crippen molar-refractivity contribution in [1.29, 1.82) is 0 Å². The molecule has 10 heteroatoms. The first kappa shape index (κ1) is 32.1. The van der Waals surface area contributed by atoms with Gasteiger partial charge in [0.2, 0.25) is 0 Å². The summed E-state index contributed by atoms with van der Waals surface area (Å²) in [6, 6.07) is 0. The molecule has 37 heavy (non-hydrogen) atoms. The number of carbonyl (C=O) groups excluding carboxylic acids is 2. The smallest absolute Gasteiger partial charge is 0.178 e. The monoisotopic (exact) mass is 584 g/mol. The molecule has 0 saturated carbocycles. The summed E-state index contributed by atoms with van der Waals surface area (Å²) in [7, 11) is 0. The van der Waals surface area contributed by atoms with Gasteiger partial charge in [-0.05, 0) is 63.0 Å². The molecule has 0 amide bonds. The van der Waals surface area contributed by atoms with Crippen molar-refractivity contribution in [2.45, 2.75) is 99.6 Å². The molecule has 0 bridgehead atoms. The topological polar surface area (TPSA) is 47.1 Å². The number of hydrogen-bond donors (Lipinski definition) is 0. The van der Waals surface area contributed by atoms with E-state index >= 15 is 0 Å². The summed E-state index contributed by atoms with van der Waals surface area (Å²) in [6.45, 7) is 17.6. The van der Waals surface area contributed by atoms with Gasteiger partial charge in [0.1, 0.15) is 27.7 Å². The molecular formula is C27H44N4O2S4. The molecular weight excluding hydrogens is 541 g/mol. The maximum Gasteiger partial charge on any atom is 0.178 e. The Labute approximate surface area is 245 Å². The average Bonchev–Trinajstić information content (AvgIpc) is 3.25. The third-order valence-corrected chi connectivity index (χ3v) is 8.77. The molecule has 0 aromatic rings. The first-order valence-electron chi connectivity index (χ1n) is 13.4. The predicted molar refractivity (Wildman–Crippen MR) is 168 cm³/mol. The maximum absolute atomic E-state index is 12.8. The van der Waals surface area contributed by atoms with E-state index in [4.69, 9.17) is 48.9 Å². The van der Waals surface area contributed by atoms with Crippen LogP contribution in [0.5, 0.6) is 0 Å². The zero-order chi connectivity index (χ0) is 28.1. The van der Waals surface area contributed by atoms with Crippen LogP contribution in [0.1, 0.15) is 93.4 Å². The van der Waals surface area contributed by atoms with Crippen molar-refractivity contribution >= 4 is 80.6 Å². The van der Waals surface area contributed by atoms with Gasteiger partial charge >= 0.3 is 0 Å². The van der Waals surface area contributed by atoms with E-state index in [-0.39, 0.29) is 23.1 Å². The summed E-state index contributed by atoms with van der Waals surface area (Å²) in [5.41, 5.74) is -0.246. The van der Waals surface area contributed by atoms with E-state index in [9.17, 15) is 9.59 Å². The number of ketones is 2. The molecule has 6 nitrogen and oxygen atoms in total. The Kier molecular flexibility index (Phi) is 11.5. The highest BCUT2D eigenvalue weighted by Crippen LogP contribution is 2.38. The summed E-state index contributed by atoms with van der Waals surface area (Å²) in [5.74, 6) is 0.426. The van der Waals surface area contributed by atoms with E-state index in [2.05, 4.69) is 58.3 Å². The molecule has 2 rings (SSSR count). The average molecular weight is 585 g/mol. The van der Waals surface area contributed by atoms with Crippen LogP contribution in [0.25, 0.3) is 0 Å². The highest BCUT2D eigenvalue weighted by atomic mass is 32.1.